The molecule has 0 saturated heterocycles. The average molecular weight is 318 g/mol. The number of benzene rings is 2. The number of halogens is 2. The highest BCUT2D eigenvalue weighted by Gasteiger charge is 2.13. The van der Waals surface area contributed by atoms with Crippen molar-refractivity contribution in [3.8, 4) is 17.6 Å². The second-order valence-electron chi connectivity index (χ2n) is 4.41. The average Bonchev–Trinajstić information content (AvgIpc) is 2.56. The Hall–Kier alpha value is -3.14. The number of carbonyl (C=O) groups excluding carboxylic acids is 1. The zero-order valence-electron chi connectivity index (χ0n) is 12.1. The van der Waals surface area contributed by atoms with E-state index in [1.54, 1.807) is 0 Å². The number of nitrogens with zero attached hydrogens (tertiary/aromatic N) is 1. The van der Waals surface area contributed by atoms with Crippen molar-refractivity contribution in [2.45, 2.75) is 0 Å². The Morgan fingerprint density at radius 2 is 1.91 bits per heavy atom. The van der Waals surface area contributed by atoms with Gasteiger partial charge in [-0.25, -0.2) is 8.78 Å². The van der Waals surface area contributed by atoms with E-state index in [0.29, 0.717) is 5.56 Å². The molecule has 2 aromatic rings. The molecular formula is C16H12F2N2O3. The van der Waals surface area contributed by atoms with E-state index in [1.807, 2.05) is 6.07 Å². The number of rotatable bonds is 5. The molecule has 5 nitrogen and oxygen atoms in total. The number of methoxy groups -OCH3 is 1. The third-order valence-corrected chi connectivity index (χ3v) is 2.88. The van der Waals surface area contributed by atoms with Crippen molar-refractivity contribution in [1.29, 1.82) is 5.26 Å². The first-order valence-corrected chi connectivity index (χ1v) is 6.50. The predicted octanol–water partition coefficient (Wildman–Crippen LogP) is 2.86. The van der Waals surface area contributed by atoms with Crippen LogP contribution in [-0.2, 0) is 4.79 Å². The van der Waals surface area contributed by atoms with E-state index in [-0.39, 0.29) is 11.5 Å². The summed E-state index contributed by atoms with van der Waals surface area (Å²) in [5, 5.41) is 10.9. The summed E-state index contributed by atoms with van der Waals surface area (Å²) in [6.07, 6.45) is 0. The lowest BCUT2D eigenvalue weighted by Gasteiger charge is -2.11. The predicted molar refractivity (Wildman–Crippen MR) is 78.2 cm³/mol. The fourth-order valence-corrected chi connectivity index (χ4v) is 1.79. The summed E-state index contributed by atoms with van der Waals surface area (Å²) in [5.41, 5.74) is -0.167. The molecule has 1 amide bonds. The summed E-state index contributed by atoms with van der Waals surface area (Å²) >= 11 is 0. The Morgan fingerprint density at radius 1 is 1.22 bits per heavy atom. The number of hydrogen-bond donors (Lipinski definition) is 1. The SMILES string of the molecule is COc1cc(C#N)ccc1OCC(=O)Nc1c(F)cccc1F. The van der Waals surface area contributed by atoms with E-state index in [2.05, 4.69) is 5.32 Å². The van der Waals surface area contributed by atoms with E-state index in [1.165, 1.54) is 31.4 Å². The summed E-state index contributed by atoms with van der Waals surface area (Å²) in [4.78, 5) is 11.8. The Bertz CT molecular complexity index is 752. The monoisotopic (exact) mass is 318 g/mol. The third kappa shape index (κ3) is 3.95. The van der Waals surface area contributed by atoms with Crippen LogP contribution in [0.5, 0.6) is 11.5 Å². The van der Waals surface area contributed by atoms with Crippen molar-refractivity contribution >= 4 is 11.6 Å². The summed E-state index contributed by atoms with van der Waals surface area (Å²) < 4.78 is 37.2. The van der Waals surface area contributed by atoms with Crippen LogP contribution in [0.4, 0.5) is 14.5 Å². The van der Waals surface area contributed by atoms with Gasteiger partial charge in [-0.1, -0.05) is 6.07 Å². The van der Waals surface area contributed by atoms with Crippen molar-refractivity contribution in [2.24, 2.45) is 0 Å². The first-order valence-electron chi connectivity index (χ1n) is 6.50. The molecule has 0 radical (unpaired) electrons. The minimum atomic E-state index is -0.880. The fraction of sp³-hybridized carbons (Fsp3) is 0.125. The van der Waals surface area contributed by atoms with E-state index in [4.69, 9.17) is 14.7 Å². The zero-order chi connectivity index (χ0) is 16.8. The number of carbonyl (C=O) groups is 1. The highest BCUT2D eigenvalue weighted by molar-refractivity contribution is 5.92. The summed E-state index contributed by atoms with van der Waals surface area (Å²) in [6, 6.07) is 9.60. The number of anilines is 1. The Balaban J connectivity index is 2.04. The minimum Gasteiger partial charge on any atom is -0.493 e. The van der Waals surface area contributed by atoms with Gasteiger partial charge in [0, 0.05) is 6.07 Å². The van der Waals surface area contributed by atoms with Gasteiger partial charge in [0.25, 0.3) is 5.91 Å². The van der Waals surface area contributed by atoms with E-state index in [9.17, 15) is 13.6 Å². The van der Waals surface area contributed by atoms with Crippen molar-refractivity contribution < 1.29 is 23.0 Å². The molecule has 0 aromatic heterocycles. The summed E-state index contributed by atoms with van der Waals surface area (Å²) in [7, 11) is 1.39. The standard InChI is InChI=1S/C16H12F2N2O3/c1-22-14-7-10(8-19)5-6-13(14)23-9-15(21)20-16-11(17)3-2-4-12(16)18/h2-7H,9H2,1H3,(H,20,21). The molecule has 0 saturated carbocycles. The molecule has 0 aliphatic heterocycles. The quantitative estimate of drug-likeness (QED) is 0.920. The first kappa shape index (κ1) is 16.2. The van der Waals surface area contributed by atoms with E-state index < -0.39 is 29.8 Å². The number of nitrogens with one attached hydrogen (secondary N) is 1. The number of ether oxygens (including phenoxy) is 2. The highest BCUT2D eigenvalue weighted by atomic mass is 19.1. The third-order valence-electron chi connectivity index (χ3n) is 2.88. The van der Waals surface area contributed by atoms with Gasteiger partial charge in [0.1, 0.15) is 17.3 Å². The zero-order valence-corrected chi connectivity index (χ0v) is 12.1. The van der Waals surface area contributed by atoms with Gasteiger partial charge < -0.3 is 14.8 Å². The molecule has 2 aromatic carbocycles. The van der Waals surface area contributed by atoms with Crippen LogP contribution in [0.15, 0.2) is 36.4 Å². The molecule has 0 fully saturated rings. The van der Waals surface area contributed by atoms with E-state index >= 15 is 0 Å². The normalized spacial score (nSPS) is 9.83. The molecule has 118 valence electrons. The second kappa shape index (κ2) is 7.22. The molecule has 0 spiro atoms. The van der Waals surface area contributed by atoms with Crippen molar-refractivity contribution in [2.75, 3.05) is 19.0 Å². The molecule has 0 aliphatic carbocycles. The van der Waals surface area contributed by atoms with Gasteiger partial charge in [0.2, 0.25) is 0 Å². The molecule has 0 bridgehead atoms. The van der Waals surface area contributed by atoms with Gasteiger partial charge in [-0.15, -0.1) is 0 Å². The van der Waals surface area contributed by atoms with E-state index in [0.717, 1.165) is 12.1 Å². The summed E-state index contributed by atoms with van der Waals surface area (Å²) in [5.74, 6) is -1.99. The van der Waals surface area contributed by atoms with Gasteiger partial charge in [-0.3, -0.25) is 4.79 Å². The fourth-order valence-electron chi connectivity index (χ4n) is 1.79. The lowest BCUT2D eigenvalue weighted by molar-refractivity contribution is -0.118. The topological polar surface area (TPSA) is 71.3 Å². The maximum absolute atomic E-state index is 13.4. The Labute approximate surface area is 131 Å². The number of nitriles is 1. The van der Waals surface area contributed by atoms with Gasteiger partial charge in [-0.2, -0.15) is 5.26 Å². The van der Waals surface area contributed by atoms with Crippen molar-refractivity contribution in [3.05, 3.63) is 53.6 Å². The minimum absolute atomic E-state index is 0.232. The Morgan fingerprint density at radius 3 is 2.52 bits per heavy atom. The molecule has 0 aliphatic rings. The van der Waals surface area contributed by atoms with Crippen LogP contribution in [0, 0.1) is 23.0 Å². The van der Waals surface area contributed by atoms with Gasteiger partial charge in [-0.05, 0) is 24.3 Å². The van der Waals surface area contributed by atoms with Crippen LogP contribution in [0.1, 0.15) is 5.56 Å². The maximum Gasteiger partial charge on any atom is 0.262 e. The van der Waals surface area contributed by atoms with Crippen molar-refractivity contribution in [1.82, 2.24) is 0 Å². The van der Waals surface area contributed by atoms with Crippen LogP contribution in [-0.4, -0.2) is 19.6 Å². The smallest absolute Gasteiger partial charge is 0.262 e. The van der Waals surface area contributed by atoms with Crippen molar-refractivity contribution in [3.63, 3.8) is 0 Å². The molecule has 0 atom stereocenters. The molecule has 1 N–H and O–H groups in total. The maximum atomic E-state index is 13.4. The number of hydrogen-bond acceptors (Lipinski definition) is 4. The number of amides is 1. The van der Waals surface area contributed by atoms with Gasteiger partial charge in [0.05, 0.1) is 18.7 Å². The van der Waals surface area contributed by atoms with Gasteiger partial charge >= 0.3 is 0 Å². The largest absolute Gasteiger partial charge is 0.493 e. The lowest BCUT2D eigenvalue weighted by atomic mass is 10.2. The molecule has 2 rings (SSSR count). The molecule has 0 unspecified atom stereocenters. The highest BCUT2D eigenvalue weighted by Crippen LogP contribution is 2.27. The van der Waals surface area contributed by atoms with Crippen LogP contribution in [0.3, 0.4) is 0 Å². The van der Waals surface area contributed by atoms with Crippen LogP contribution in [0.2, 0.25) is 0 Å². The van der Waals surface area contributed by atoms with Crippen LogP contribution < -0.4 is 14.8 Å². The molecule has 7 heteroatoms. The number of para-hydroxylation sites is 1. The van der Waals surface area contributed by atoms with Crippen LogP contribution >= 0.6 is 0 Å². The molecular weight excluding hydrogens is 306 g/mol. The molecule has 23 heavy (non-hydrogen) atoms. The van der Waals surface area contributed by atoms with Crippen LogP contribution in [0.25, 0.3) is 0 Å². The second-order valence-corrected chi connectivity index (χ2v) is 4.41. The first-order chi connectivity index (χ1) is 11.0. The molecule has 0 heterocycles. The summed E-state index contributed by atoms with van der Waals surface area (Å²) in [6.45, 7) is -0.476. The Kier molecular flexibility index (Phi) is 5.10. The van der Waals surface area contributed by atoms with Gasteiger partial charge in [0.15, 0.2) is 18.1 Å². The lowest BCUT2D eigenvalue weighted by Crippen LogP contribution is -2.21.